The monoisotopic (exact) mass is 334 g/mol. The van der Waals surface area contributed by atoms with Crippen LogP contribution in [-0.4, -0.2) is 62.7 Å². The summed E-state index contributed by atoms with van der Waals surface area (Å²) in [5, 5.41) is 16.9. The summed E-state index contributed by atoms with van der Waals surface area (Å²) in [5.41, 5.74) is 0.663. The van der Waals surface area contributed by atoms with E-state index in [0.717, 1.165) is 0 Å². The third kappa shape index (κ3) is 3.57. The number of ether oxygens (including phenoxy) is 1. The van der Waals surface area contributed by atoms with Gasteiger partial charge in [-0.2, -0.15) is 9.90 Å². The summed E-state index contributed by atoms with van der Waals surface area (Å²) < 4.78 is 18.3. The minimum Gasteiger partial charge on any atom is -0.481 e. The Morgan fingerprint density at radius 1 is 1.33 bits per heavy atom. The fraction of sp³-hybridized carbons (Fsp3) is 0.333. The Balaban J connectivity index is 1.71. The maximum Gasteiger partial charge on any atom is 0.306 e. The van der Waals surface area contributed by atoms with Crippen LogP contribution in [0.25, 0.3) is 5.69 Å². The largest absolute Gasteiger partial charge is 0.481 e. The summed E-state index contributed by atoms with van der Waals surface area (Å²) in [4.78, 5) is 26.0. The van der Waals surface area contributed by atoms with E-state index in [0.29, 0.717) is 12.2 Å². The highest BCUT2D eigenvalue weighted by atomic mass is 19.1. The molecule has 1 aliphatic rings. The molecule has 0 aliphatic carbocycles. The molecule has 126 valence electrons. The number of nitrogens with zero attached hydrogens (tertiary/aromatic N) is 4. The van der Waals surface area contributed by atoms with Crippen LogP contribution in [-0.2, 0) is 9.53 Å². The molecular formula is C15H15FN4O4. The Morgan fingerprint density at radius 3 is 2.79 bits per heavy atom. The smallest absolute Gasteiger partial charge is 0.306 e. The number of carboxylic acids is 1. The summed E-state index contributed by atoms with van der Waals surface area (Å²) in [6, 6.07) is 5.56. The molecule has 1 aliphatic heterocycles. The van der Waals surface area contributed by atoms with Crippen LogP contribution in [0.15, 0.2) is 30.5 Å². The van der Waals surface area contributed by atoms with E-state index in [1.165, 1.54) is 40.2 Å². The van der Waals surface area contributed by atoms with Gasteiger partial charge in [-0.05, 0) is 24.3 Å². The number of benzene rings is 1. The fourth-order valence-corrected chi connectivity index (χ4v) is 2.44. The van der Waals surface area contributed by atoms with Gasteiger partial charge >= 0.3 is 5.97 Å². The van der Waals surface area contributed by atoms with Crippen molar-refractivity contribution in [3.8, 4) is 5.69 Å². The van der Waals surface area contributed by atoms with E-state index in [2.05, 4.69) is 10.2 Å². The van der Waals surface area contributed by atoms with Crippen LogP contribution in [0, 0.1) is 5.82 Å². The topological polar surface area (TPSA) is 97.6 Å². The van der Waals surface area contributed by atoms with Crippen molar-refractivity contribution in [2.45, 2.75) is 12.5 Å². The van der Waals surface area contributed by atoms with Gasteiger partial charge in [0.15, 0.2) is 5.69 Å². The first-order valence-corrected chi connectivity index (χ1v) is 7.34. The molecule has 3 rings (SSSR count). The predicted octanol–water partition coefficient (Wildman–Crippen LogP) is 0.722. The number of carboxylic acid groups (broad SMARTS) is 1. The van der Waals surface area contributed by atoms with Crippen LogP contribution >= 0.6 is 0 Å². The van der Waals surface area contributed by atoms with Gasteiger partial charge in [0.2, 0.25) is 0 Å². The first-order chi connectivity index (χ1) is 11.5. The van der Waals surface area contributed by atoms with Crippen molar-refractivity contribution < 1.29 is 23.8 Å². The number of aromatic nitrogens is 3. The number of carbonyl (C=O) groups is 2. The van der Waals surface area contributed by atoms with Gasteiger partial charge in [0.1, 0.15) is 5.82 Å². The second kappa shape index (κ2) is 6.75. The summed E-state index contributed by atoms with van der Waals surface area (Å²) in [7, 11) is 0. The minimum atomic E-state index is -0.975. The van der Waals surface area contributed by atoms with Crippen molar-refractivity contribution in [2.24, 2.45) is 0 Å². The average Bonchev–Trinajstić information content (AvgIpc) is 3.04. The number of rotatable bonds is 4. The maximum absolute atomic E-state index is 12.9. The highest BCUT2D eigenvalue weighted by molar-refractivity contribution is 5.92. The molecule has 1 fully saturated rings. The molecule has 0 unspecified atom stereocenters. The van der Waals surface area contributed by atoms with Crippen molar-refractivity contribution in [1.29, 1.82) is 0 Å². The molecule has 1 N–H and O–H groups in total. The standard InChI is InChI=1S/C15H15FN4O4/c16-10-1-3-11(4-2-10)20-17-8-13(18-20)15(23)19-5-6-24-12(9-19)7-14(21)22/h1-4,8,12H,5-7,9H2,(H,21,22)/t12-/m0/s1. The highest BCUT2D eigenvalue weighted by Gasteiger charge is 2.28. The number of halogens is 1. The maximum atomic E-state index is 12.9. The number of morpholine rings is 1. The van der Waals surface area contributed by atoms with Crippen LogP contribution < -0.4 is 0 Å². The molecule has 1 amide bonds. The van der Waals surface area contributed by atoms with Gasteiger partial charge in [0.05, 0.1) is 31.0 Å². The lowest BCUT2D eigenvalue weighted by Crippen LogP contribution is -2.46. The predicted molar refractivity (Wildman–Crippen MR) is 79.2 cm³/mol. The van der Waals surface area contributed by atoms with Crippen LogP contribution in [0.1, 0.15) is 16.9 Å². The van der Waals surface area contributed by atoms with Gasteiger partial charge in [-0.15, -0.1) is 5.10 Å². The Morgan fingerprint density at radius 2 is 2.08 bits per heavy atom. The molecule has 0 saturated carbocycles. The van der Waals surface area contributed by atoms with Crippen LogP contribution in [0.4, 0.5) is 4.39 Å². The normalized spacial score (nSPS) is 17.7. The first-order valence-electron chi connectivity index (χ1n) is 7.34. The second-order valence-electron chi connectivity index (χ2n) is 5.34. The molecule has 8 nitrogen and oxygen atoms in total. The van der Waals surface area contributed by atoms with Gasteiger partial charge in [-0.3, -0.25) is 9.59 Å². The van der Waals surface area contributed by atoms with Gasteiger partial charge in [0, 0.05) is 13.1 Å². The van der Waals surface area contributed by atoms with Crippen LogP contribution in [0.2, 0.25) is 0 Å². The zero-order valence-corrected chi connectivity index (χ0v) is 12.6. The molecule has 0 radical (unpaired) electrons. The second-order valence-corrected chi connectivity index (χ2v) is 5.34. The van der Waals surface area contributed by atoms with Crippen molar-refractivity contribution in [3.05, 3.63) is 42.0 Å². The van der Waals surface area contributed by atoms with Crippen LogP contribution in [0.3, 0.4) is 0 Å². The molecule has 2 aromatic rings. The number of amides is 1. The van der Waals surface area contributed by atoms with E-state index < -0.39 is 12.1 Å². The van der Waals surface area contributed by atoms with E-state index >= 15 is 0 Å². The number of aliphatic carboxylic acids is 1. The molecule has 1 atom stereocenters. The Kier molecular flexibility index (Phi) is 4.52. The van der Waals surface area contributed by atoms with E-state index in [9.17, 15) is 14.0 Å². The van der Waals surface area contributed by atoms with E-state index in [1.54, 1.807) is 0 Å². The zero-order valence-electron chi connectivity index (χ0n) is 12.6. The van der Waals surface area contributed by atoms with E-state index in [1.807, 2.05) is 0 Å². The lowest BCUT2D eigenvalue weighted by atomic mass is 10.2. The first kappa shape index (κ1) is 16.1. The van der Waals surface area contributed by atoms with Gasteiger partial charge in [-0.1, -0.05) is 0 Å². The van der Waals surface area contributed by atoms with Gasteiger partial charge < -0.3 is 14.7 Å². The zero-order chi connectivity index (χ0) is 17.1. The third-order valence-corrected chi connectivity index (χ3v) is 3.60. The molecule has 0 bridgehead atoms. The third-order valence-electron chi connectivity index (χ3n) is 3.60. The van der Waals surface area contributed by atoms with Crippen molar-refractivity contribution in [1.82, 2.24) is 19.9 Å². The molecule has 1 aromatic heterocycles. The Bertz CT molecular complexity index is 746. The fourth-order valence-electron chi connectivity index (χ4n) is 2.44. The number of carbonyl (C=O) groups excluding carboxylic acids is 1. The Labute approximate surface area is 136 Å². The summed E-state index contributed by atoms with van der Waals surface area (Å²) in [5.74, 6) is -1.70. The number of hydrogen-bond donors (Lipinski definition) is 1. The molecule has 1 saturated heterocycles. The summed E-state index contributed by atoms with van der Waals surface area (Å²) in [6.07, 6.45) is 0.631. The van der Waals surface area contributed by atoms with Crippen LogP contribution in [0.5, 0.6) is 0 Å². The van der Waals surface area contributed by atoms with E-state index in [4.69, 9.17) is 9.84 Å². The molecule has 1 aromatic carbocycles. The SMILES string of the molecule is O=C(O)C[C@H]1CN(C(=O)c2cnn(-c3ccc(F)cc3)n2)CCO1. The Hall–Kier alpha value is -2.81. The lowest BCUT2D eigenvalue weighted by Gasteiger charge is -2.31. The molecule has 9 heteroatoms. The van der Waals surface area contributed by atoms with Gasteiger partial charge in [-0.25, -0.2) is 4.39 Å². The quantitative estimate of drug-likeness (QED) is 0.885. The highest BCUT2D eigenvalue weighted by Crippen LogP contribution is 2.13. The molecular weight excluding hydrogens is 319 g/mol. The van der Waals surface area contributed by atoms with Crippen molar-refractivity contribution >= 4 is 11.9 Å². The minimum absolute atomic E-state index is 0.135. The van der Waals surface area contributed by atoms with Crippen molar-refractivity contribution in [2.75, 3.05) is 19.7 Å². The van der Waals surface area contributed by atoms with Crippen molar-refractivity contribution in [3.63, 3.8) is 0 Å². The molecule has 24 heavy (non-hydrogen) atoms. The lowest BCUT2D eigenvalue weighted by molar-refractivity contribution is -0.141. The summed E-state index contributed by atoms with van der Waals surface area (Å²) >= 11 is 0. The molecule has 0 spiro atoms. The summed E-state index contributed by atoms with van der Waals surface area (Å²) in [6.45, 7) is 0.822. The average molecular weight is 334 g/mol. The number of hydrogen-bond acceptors (Lipinski definition) is 5. The molecule has 2 heterocycles. The van der Waals surface area contributed by atoms with E-state index in [-0.39, 0.29) is 37.0 Å². The van der Waals surface area contributed by atoms with Gasteiger partial charge in [0.25, 0.3) is 5.91 Å².